The Labute approximate surface area is 88.7 Å². The van der Waals surface area contributed by atoms with Crippen LogP contribution in [-0.4, -0.2) is 13.1 Å². The third kappa shape index (κ3) is 1.98. The van der Waals surface area contributed by atoms with E-state index in [0.29, 0.717) is 10.8 Å². The molecular formula is C13H25N. The molecule has 0 amide bonds. The van der Waals surface area contributed by atoms with E-state index >= 15 is 0 Å². The van der Waals surface area contributed by atoms with E-state index in [2.05, 4.69) is 19.2 Å². The van der Waals surface area contributed by atoms with Gasteiger partial charge in [0.2, 0.25) is 0 Å². The maximum Gasteiger partial charge on any atom is 0.000849 e. The highest BCUT2D eigenvalue weighted by Crippen LogP contribution is 2.48. The van der Waals surface area contributed by atoms with Crippen molar-refractivity contribution in [2.24, 2.45) is 10.8 Å². The fraction of sp³-hybridized carbons (Fsp3) is 1.00. The van der Waals surface area contributed by atoms with E-state index in [0.717, 1.165) is 0 Å². The van der Waals surface area contributed by atoms with Crippen molar-refractivity contribution in [3.63, 3.8) is 0 Å². The van der Waals surface area contributed by atoms with Crippen molar-refractivity contribution >= 4 is 0 Å². The zero-order chi connectivity index (χ0) is 10.1. The maximum atomic E-state index is 3.57. The second-order valence-corrected chi connectivity index (χ2v) is 5.97. The molecule has 1 heterocycles. The Bertz CT molecular complexity index is 193. The molecule has 2 atom stereocenters. The van der Waals surface area contributed by atoms with E-state index in [1.807, 2.05) is 0 Å². The van der Waals surface area contributed by atoms with Gasteiger partial charge >= 0.3 is 0 Å². The quantitative estimate of drug-likeness (QED) is 0.676. The van der Waals surface area contributed by atoms with Crippen LogP contribution in [0.4, 0.5) is 0 Å². The first-order chi connectivity index (χ1) is 6.68. The van der Waals surface area contributed by atoms with E-state index in [4.69, 9.17) is 0 Å². The van der Waals surface area contributed by atoms with Gasteiger partial charge in [0.25, 0.3) is 0 Å². The molecule has 0 aromatic rings. The van der Waals surface area contributed by atoms with Crippen LogP contribution < -0.4 is 5.32 Å². The first-order valence-electron chi connectivity index (χ1n) is 6.39. The molecule has 1 spiro atoms. The van der Waals surface area contributed by atoms with Crippen LogP contribution in [0.3, 0.4) is 0 Å². The summed E-state index contributed by atoms with van der Waals surface area (Å²) >= 11 is 0. The van der Waals surface area contributed by atoms with Gasteiger partial charge in [0.15, 0.2) is 0 Å². The molecule has 1 saturated heterocycles. The summed E-state index contributed by atoms with van der Waals surface area (Å²) in [7, 11) is 0. The van der Waals surface area contributed by atoms with Gasteiger partial charge < -0.3 is 5.32 Å². The van der Waals surface area contributed by atoms with Crippen molar-refractivity contribution in [3.8, 4) is 0 Å². The maximum absolute atomic E-state index is 3.57. The highest BCUT2D eigenvalue weighted by Gasteiger charge is 2.41. The minimum Gasteiger partial charge on any atom is -0.316 e. The Morgan fingerprint density at radius 3 is 2.57 bits per heavy atom. The van der Waals surface area contributed by atoms with Gasteiger partial charge in [0.1, 0.15) is 0 Å². The second-order valence-electron chi connectivity index (χ2n) is 5.97. The van der Waals surface area contributed by atoms with E-state index < -0.39 is 0 Å². The lowest BCUT2D eigenvalue weighted by atomic mass is 9.69. The predicted octanol–water partition coefficient (Wildman–Crippen LogP) is 3.35. The average molecular weight is 195 g/mol. The number of hydrogen-bond donors (Lipinski definition) is 1. The van der Waals surface area contributed by atoms with Crippen molar-refractivity contribution in [1.82, 2.24) is 5.32 Å². The highest BCUT2D eigenvalue weighted by atomic mass is 14.9. The fourth-order valence-corrected chi connectivity index (χ4v) is 3.60. The molecule has 2 fully saturated rings. The lowest BCUT2D eigenvalue weighted by Crippen LogP contribution is -2.29. The van der Waals surface area contributed by atoms with Gasteiger partial charge in [0.05, 0.1) is 0 Å². The molecule has 82 valence electrons. The molecule has 2 aliphatic rings. The molecule has 0 aromatic heterocycles. The monoisotopic (exact) mass is 195 g/mol. The van der Waals surface area contributed by atoms with E-state index in [-0.39, 0.29) is 0 Å². The molecule has 0 aromatic carbocycles. The van der Waals surface area contributed by atoms with Crippen LogP contribution in [0.1, 0.15) is 58.8 Å². The van der Waals surface area contributed by atoms with E-state index in [1.54, 1.807) is 0 Å². The minimum absolute atomic E-state index is 0.641. The van der Waals surface area contributed by atoms with Gasteiger partial charge in [0, 0.05) is 6.54 Å². The number of rotatable bonds is 1. The molecule has 2 rings (SSSR count). The Balaban J connectivity index is 2.10. The summed E-state index contributed by atoms with van der Waals surface area (Å²) in [4.78, 5) is 0. The first kappa shape index (κ1) is 10.5. The molecule has 1 N–H and O–H groups in total. The third-order valence-corrected chi connectivity index (χ3v) is 4.72. The standard InChI is InChI=1S/C13H25N/c1-3-12(2)6-4-5-7-13(10-12)8-9-14-11-13/h14H,3-11H2,1-2H3. The Morgan fingerprint density at radius 2 is 1.93 bits per heavy atom. The van der Waals surface area contributed by atoms with Gasteiger partial charge in [-0.15, -0.1) is 0 Å². The summed E-state index contributed by atoms with van der Waals surface area (Å²) in [6.07, 6.45) is 10.2. The molecule has 1 aliphatic heterocycles. The number of hydrogen-bond acceptors (Lipinski definition) is 1. The summed E-state index contributed by atoms with van der Waals surface area (Å²) in [5, 5.41) is 3.57. The van der Waals surface area contributed by atoms with Crippen molar-refractivity contribution in [1.29, 1.82) is 0 Å². The highest BCUT2D eigenvalue weighted by molar-refractivity contribution is 4.94. The molecule has 1 heteroatoms. The topological polar surface area (TPSA) is 12.0 Å². The lowest BCUT2D eigenvalue weighted by molar-refractivity contribution is 0.158. The van der Waals surface area contributed by atoms with Crippen molar-refractivity contribution in [2.45, 2.75) is 58.8 Å². The zero-order valence-electron chi connectivity index (χ0n) is 9.86. The fourth-order valence-electron chi connectivity index (χ4n) is 3.60. The second kappa shape index (κ2) is 3.84. The van der Waals surface area contributed by atoms with Gasteiger partial charge in [-0.05, 0) is 43.1 Å². The minimum atomic E-state index is 0.641. The summed E-state index contributed by atoms with van der Waals surface area (Å²) in [6.45, 7) is 7.45. The van der Waals surface area contributed by atoms with Crippen LogP contribution in [0.25, 0.3) is 0 Å². The summed E-state index contributed by atoms with van der Waals surface area (Å²) < 4.78 is 0. The van der Waals surface area contributed by atoms with Gasteiger partial charge in [-0.2, -0.15) is 0 Å². The molecule has 0 radical (unpaired) electrons. The summed E-state index contributed by atoms with van der Waals surface area (Å²) in [6, 6.07) is 0. The zero-order valence-corrected chi connectivity index (χ0v) is 9.86. The molecule has 14 heavy (non-hydrogen) atoms. The van der Waals surface area contributed by atoms with Crippen molar-refractivity contribution in [3.05, 3.63) is 0 Å². The summed E-state index contributed by atoms with van der Waals surface area (Å²) in [5.74, 6) is 0. The molecule has 1 aliphatic carbocycles. The molecule has 0 bridgehead atoms. The Kier molecular flexibility index (Phi) is 2.88. The van der Waals surface area contributed by atoms with Crippen molar-refractivity contribution in [2.75, 3.05) is 13.1 Å². The van der Waals surface area contributed by atoms with Crippen LogP contribution >= 0.6 is 0 Å². The van der Waals surface area contributed by atoms with E-state index in [9.17, 15) is 0 Å². The third-order valence-electron chi connectivity index (χ3n) is 4.72. The molecule has 1 nitrogen and oxygen atoms in total. The van der Waals surface area contributed by atoms with Gasteiger partial charge in [-0.3, -0.25) is 0 Å². The van der Waals surface area contributed by atoms with Crippen LogP contribution in [0, 0.1) is 10.8 Å². The van der Waals surface area contributed by atoms with Crippen LogP contribution in [0.5, 0.6) is 0 Å². The van der Waals surface area contributed by atoms with E-state index in [1.165, 1.54) is 58.0 Å². The average Bonchev–Trinajstić information content (AvgIpc) is 2.54. The Hall–Kier alpha value is -0.0400. The first-order valence-corrected chi connectivity index (χ1v) is 6.39. The predicted molar refractivity (Wildman–Crippen MR) is 61.4 cm³/mol. The normalized spacial score (nSPS) is 44.1. The number of nitrogens with one attached hydrogen (secondary N) is 1. The van der Waals surface area contributed by atoms with Crippen LogP contribution in [0.2, 0.25) is 0 Å². The van der Waals surface area contributed by atoms with Crippen LogP contribution in [0.15, 0.2) is 0 Å². The molecular weight excluding hydrogens is 170 g/mol. The smallest absolute Gasteiger partial charge is 0.000849 e. The lowest BCUT2D eigenvalue weighted by Gasteiger charge is -2.36. The van der Waals surface area contributed by atoms with Crippen molar-refractivity contribution < 1.29 is 0 Å². The van der Waals surface area contributed by atoms with Gasteiger partial charge in [-0.1, -0.05) is 33.1 Å². The van der Waals surface area contributed by atoms with Crippen LogP contribution in [-0.2, 0) is 0 Å². The summed E-state index contributed by atoms with van der Waals surface area (Å²) in [5.41, 5.74) is 1.32. The largest absolute Gasteiger partial charge is 0.316 e. The SMILES string of the molecule is CCC1(C)CCCCC2(CCNC2)C1. The molecule has 2 unspecified atom stereocenters. The molecule has 1 saturated carbocycles. The van der Waals surface area contributed by atoms with Gasteiger partial charge in [-0.25, -0.2) is 0 Å². The Morgan fingerprint density at radius 1 is 1.14 bits per heavy atom.